The first-order chi connectivity index (χ1) is 9.67. The number of nitrogens with one attached hydrogen (secondary N) is 1. The van der Waals surface area contributed by atoms with Gasteiger partial charge in [-0.1, -0.05) is 28.1 Å². The van der Waals surface area contributed by atoms with Gasteiger partial charge in [-0.3, -0.25) is 4.79 Å². The molecule has 0 atom stereocenters. The number of rotatable bonds is 4. The third kappa shape index (κ3) is 4.24. The maximum absolute atomic E-state index is 11.8. The van der Waals surface area contributed by atoms with Crippen LogP contribution >= 0.6 is 15.9 Å². The van der Waals surface area contributed by atoms with Gasteiger partial charge in [-0.2, -0.15) is 0 Å². The van der Waals surface area contributed by atoms with Crippen molar-refractivity contribution < 1.29 is 9.53 Å². The SMILES string of the molecule is COc1ccc(NC(=O)/C=C/c2cccc(Br)c2)cc1. The van der Waals surface area contributed by atoms with Crippen LogP contribution in [0.2, 0.25) is 0 Å². The van der Waals surface area contributed by atoms with Gasteiger partial charge in [0.05, 0.1) is 7.11 Å². The fourth-order valence-electron chi connectivity index (χ4n) is 1.64. The normalized spacial score (nSPS) is 10.5. The van der Waals surface area contributed by atoms with Crippen molar-refractivity contribution in [2.75, 3.05) is 12.4 Å². The Hall–Kier alpha value is -2.07. The minimum Gasteiger partial charge on any atom is -0.497 e. The minimum atomic E-state index is -0.171. The molecular formula is C16H14BrNO2. The number of amides is 1. The standard InChI is InChI=1S/C16H14BrNO2/c1-20-15-8-6-14(7-9-15)18-16(19)10-5-12-3-2-4-13(17)11-12/h2-11H,1H3,(H,18,19)/b10-5+. The molecule has 20 heavy (non-hydrogen) atoms. The molecule has 0 unspecified atom stereocenters. The van der Waals surface area contributed by atoms with Crippen LogP contribution in [0.5, 0.6) is 5.75 Å². The molecule has 0 aromatic heterocycles. The van der Waals surface area contributed by atoms with E-state index in [-0.39, 0.29) is 5.91 Å². The highest BCUT2D eigenvalue weighted by molar-refractivity contribution is 9.10. The molecule has 2 rings (SSSR count). The number of ether oxygens (including phenoxy) is 1. The molecule has 0 aliphatic carbocycles. The molecule has 2 aromatic carbocycles. The third-order valence-corrected chi connectivity index (χ3v) is 3.13. The second-order valence-corrected chi connectivity index (χ2v) is 5.02. The van der Waals surface area contributed by atoms with E-state index >= 15 is 0 Å². The molecule has 0 bridgehead atoms. The number of halogens is 1. The van der Waals surface area contributed by atoms with Crippen molar-refractivity contribution in [1.29, 1.82) is 0 Å². The average molecular weight is 332 g/mol. The summed E-state index contributed by atoms with van der Waals surface area (Å²) in [5.74, 6) is 0.586. The highest BCUT2D eigenvalue weighted by atomic mass is 79.9. The van der Waals surface area contributed by atoms with Crippen LogP contribution in [-0.4, -0.2) is 13.0 Å². The smallest absolute Gasteiger partial charge is 0.248 e. The number of hydrogen-bond acceptors (Lipinski definition) is 2. The molecule has 0 aliphatic heterocycles. The predicted octanol–water partition coefficient (Wildman–Crippen LogP) is 4.11. The first kappa shape index (κ1) is 14.3. The van der Waals surface area contributed by atoms with Crippen LogP contribution < -0.4 is 10.1 Å². The quantitative estimate of drug-likeness (QED) is 0.856. The molecule has 2 aromatic rings. The van der Waals surface area contributed by atoms with Crippen LogP contribution in [-0.2, 0) is 4.79 Å². The van der Waals surface area contributed by atoms with Gasteiger partial charge in [0.15, 0.2) is 0 Å². The van der Waals surface area contributed by atoms with Gasteiger partial charge >= 0.3 is 0 Å². The lowest BCUT2D eigenvalue weighted by molar-refractivity contribution is -0.111. The molecular weight excluding hydrogens is 318 g/mol. The molecule has 0 saturated heterocycles. The molecule has 3 nitrogen and oxygen atoms in total. The zero-order chi connectivity index (χ0) is 14.4. The zero-order valence-corrected chi connectivity index (χ0v) is 12.6. The van der Waals surface area contributed by atoms with Crippen molar-refractivity contribution in [2.24, 2.45) is 0 Å². The van der Waals surface area contributed by atoms with Gasteiger partial charge in [-0.05, 0) is 48.0 Å². The number of methoxy groups -OCH3 is 1. The molecule has 0 aliphatic rings. The summed E-state index contributed by atoms with van der Waals surface area (Å²) in [6.07, 6.45) is 3.27. The Morgan fingerprint density at radius 2 is 1.95 bits per heavy atom. The lowest BCUT2D eigenvalue weighted by atomic mass is 10.2. The van der Waals surface area contributed by atoms with Crippen LogP contribution in [0.15, 0.2) is 59.1 Å². The van der Waals surface area contributed by atoms with Crippen LogP contribution in [0.4, 0.5) is 5.69 Å². The van der Waals surface area contributed by atoms with Crippen molar-refractivity contribution in [3.8, 4) is 5.75 Å². The molecule has 1 N–H and O–H groups in total. The number of hydrogen-bond donors (Lipinski definition) is 1. The van der Waals surface area contributed by atoms with Gasteiger partial charge in [0, 0.05) is 16.2 Å². The molecule has 0 spiro atoms. The first-order valence-corrected chi connectivity index (χ1v) is 6.85. The topological polar surface area (TPSA) is 38.3 Å². The van der Waals surface area contributed by atoms with E-state index in [0.29, 0.717) is 0 Å². The highest BCUT2D eigenvalue weighted by Gasteiger charge is 1.98. The van der Waals surface area contributed by atoms with Gasteiger partial charge in [-0.15, -0.1) is 0 Å². The van der Waals surface area contributed by atoms with Crippen LogP contribution in [0.3, 0.4) is 0 Å². The summed E-state index contributed by atoms with van der Waals surface area (Å²) in [7, 11) is 1.61. The summed E-state index contributed by atoms with van der Waals surface area (Å²) < 4.78 is 6.04. The second-order valence-electron chi connectivity index (χ2n) is 4.11. The lowest BCUT2D eigenvalue weighted by Crippen LogP contribution is -2.07. The summed E-state index contributed by atoms with van der Waals surface area (Å²) in [5, 5.41) is 2.79. The first-order valence-electron chi connectivity index (χ1n) is 6.06. The summed E-state index contributed by atoms with van der Waals surface area (Å²) in [5.41, 5.74) is 1.69. The highest BCUT2D eigenvalue weighted by Crippen LogP contribution is 2.15. The van der Waals surface area contributed by atoms with E-state index < -0.39 is 0 Å². The number of carbonyl (C=O) groups excluding carboxylic acids is 1. The van der Waals surface area contributed by atoms with Crippen molar-refractivity contribution in [2.45, 2.75) is 0 Å². The lowest BCUT2D eigenvalue weighted by Gasteiger charge is -2.03. The molecule has 0 heterocycles. The average Bonchev–Trinajstić information content (AvgIpc) is 2.46. The van der Waals surface area contributed by atoms with Gasteiger partial charge in [0.25, 0.3) is 0 Å². The number of anilines is 1. The molecule has 4 heteroatoms. The number of carbonyl (C=O) groups is 1. The Morgan fingerprint density at radius 1 is 1.20 bits per heavy atom. The molecule has 0 radical (unpaired) electrons. The molecule has 102 valence electrons. The fraction of sp³-hybridized carbons (Fsp3) is 0.0625. The van der Waals surface area contributed by atoms with Gasteiger partial charge < -0.3 is 10.1 Å². The van der Waals surface area contributed by atoms with E-state index in [1.807, 2.05) is 24.3 Å². The van der Waals surface area contributed by atoms with E-state index in [1.165, 1.54) is 6.08 Å². The van der Waals surface area contributed by atoms with Crippen molar-refractivity contribution in [1.82, 2.24) is 0 Å². The Balaban J connectivity index is 1.98. The van der Waals surface area contributed by atoms with E-state index in [0.717, 1.165) is 21.5 Å². The maximum atomic E-state index is 11.8. The molecule has 1 amide bonds. The Bertz CT molecular complexity index is 621. The summed E-state index contributed by atoms with van der Waals surface area (Å²) >= 11 is 3.39. The summed E-state index contributed by atoms with van der Waals surface area (Å²) in [6.45, 7) is 0. The monoisotopic (exact) mass is 331 g/mol. The Labute approximate surface area is 126 Å². The molecule has 0 saturated carbocycles. The maximum Gasteiger partial charge on any atom is 0.248 e. The van der Waals surface area contributed by atoms with Gasteiger partial charge in [0.1, 0.15) is 5.75 Å². The Kier molecular flexibility index (Phi) is 4.96. The second kappa shape index (κ2) is 6.91. The van der Waals surface area contributed by atoms with E-state index in [4.69, 9.17) is 4.74 Å². The third-order valence-electron chi connectivity index (χ3n) is 2.63. The molecule has 0 fully saturated rings. The van der Waals surface area contributed by atoms with E-state index in [1.54, 1.807) is 37.5 Å². The van der Waals surface area contributed by atoms with Gasteiger partial charge in [-0.25, -0.2) is 0 Å². The van der Waals surface area contributed by atoms with Crippen molar-refractivity contribution >= 4 is 33.6 Å². The number of benzene rings is 2. The van der Waals surface area contributed by atoms with Crippen LogP contribution in [0, 0.1) is 0 Å². The fourth-order valence-corrected chi connectivity index (χ4v) is 2.06. The van der Waals surface area contributed by atoms with Crippen molar-refractivity contribution in [3.63, 3.8) is 0 Å². The zero-order valence-electron chi connectivity index (χ0n) is 11.0. The van der Waals surface area contributed by atoms with E-state index in [9.17, 15) is 4.79 Å². The van der Waals surface area contributed by atoms with Gasteiger partial charge in [0.2, 0.25) is 5.91 Å². The summed E-state index contributed by atoms with van der Waals surface area (Å²) in [6, 6.07) is 14.9. The Morgan fingerprint density at radius 3 is 2.60 bits per heavy atom. The van der Waals surface area contributed by atoms with Crippen molar-refractivity contribution in [3.05, 3.63) is 64.6 Å². The summed E-state index contributed by atoms with van der Waals surface area (Å²) in [4.78, 5) is 11.8. The predicted molar refractivity (Wildman–Crippen MR) is 84.8 cm³/mol. The van der Waals surface area contributed by atoms with Crippen LogP contribution in [0.25, 0.3) is 6.08 Å². The van der Waals surface area contributed by atoms with E-state index in [2.05, 4.69) is 21.2 Å². The minimum absolute atomic E-state index is 0.171. The largest absolute Gasteiger partial charge is 0.497 e. The van der Waals surface area contributed by atoms with Crippen LogP contribution in [0.1, 0.15) is 5.56 Å².